The van der Waals surface area contributed by atoms with Crippen molar-refractivity contribution in [2.24, 2.45) is 10.7 Å². The maximum Gasteiger partial charge on any atom is 0.387 e. The molecule has 0 aliphatic carbocycles. The normalized spacial score (nSPS) is 11.1. The van der Waals surface area contributed by atoms with Crippen LogP contribution in [-0.4, -0.2) is 19.2 Å². The van der Waals surface area contributed by atoms with E-state index in [0.29, 0.717) is 6.61 Å². The summed E-state index contributed by atoms with van der Waals surface area (Å²) in [5, 5.41) is 3.04. The summed E-state index contributed by atoms with van der Waals surface area (Å²) in [6, 6.07) is 10.7. The summed E-state index contributed by atoms with van der Waals surface area (Å²) in [4.78, 5) is 4.28. The first-order valence-electron chi connectivity index (χ1n) is 8.23. The van der Waals surface area contributed by atoms with Gasteiger partial charge in [-0.3, -0.25) is 0 Å². The van der Waals surface area contributed by atoms with Crippen molar-refractivity contribution in [2.45, 2.75) is 33.9 Å². The summed E-state index contributed by atoms with van der Waals surface area (Å²) in [7, 11) is 0. The molecule has 0 radical (unpaired) electrons. The van der Waals surface area contributed by atoms with Crippen LogP contribution in [0.5, 0.6) is 11.5 Å². The molecule has 148 valence electrons. The van der Waals surface area contributed by atoms with Crippen molar-refractivity contribution in [1.82, 2.24) is 0 Å². The van der Waals surface area contributed by atoms with Gasteiger partial charge in [0.2, 0.25) is 0 Å². The Kier molecular flexibility index (Phi) is 9.27. The predicted molar refractivity (Wildman–Crippen MR) is 115 cm³/mol. The minimum absolute atomic E-state index is 0. The Morgan fingerprint density at radius 1 is 1.11 bits per heavy atom. The minimum Gasteiger partial charge on any atom is -0.490 e. The van der Waals surface area contributed by atoms with E-state index in [9.17, 15) is 8.78 Å². The van der Waals surface area contributed by atoms with Crippen LogP contribution < -0.4 is 20.5 Å². The van der Waals surface area contributed by atoms with Gasteiger partial charge in [0, 0.05) is 5.69 Å². The highest BCUT2D eigenvalue weighted by Crippen LogP contribution is 2.30. The van der Waals surface area contributed by atoms with E-state index >= 15 is 0 Å². The molecule has 0 unspecified atom stereocenters. The fraction of sp³-hybridized carbons (Fsp3) is 0.316. The van der Waals surface area contributed by atoms with E-state index in [2.05, 4.69) is 21.1 Å². The molecule has 0 amide bonds. The van der Waals surface area contributed by atoms with Crippen LogP contribution in [0.1, 0.15) is 23.6 Å². The molecular weight excluding hydrogens is 467 g/mol. The quantitative estimate of drug-likeness (QED) is 0.330. The molecule has 0 saturated carbocycles. The molecule has 2 aromatic rings. The maximum atomic E-state index is 12.4. The number of halogens is 3. The molecule has 0 atom stereocenters. The second-order valence-corrected chi connectivity index (χ2v) is 5.80. The molecule has 0 aliphatic heterocycles. The first-order valence-corrected chi connectivity index (χ1v) is 8.23. The highest BCUT2D eigenvalue weighted by molar-refractivity contribution is 14.0. The Labute approximate surface area is 175 Å². The topological polar surface area (TPSA) is 68.9 Å². The molecular formula is C19H24F2IN3O2. The number of guanidine groups is 1. The number of benzene rings is 2. The van der Waals surface area contributed by atoms with Crippen LogP contribution in [0.15, 0.2) is 41.4 Å². The SMILES string of the molecule is CCOc1cc(CN=C(N)Nc2cc(C)cc(C)c2)ccc1OC(F)F.I. The van der Waals surface area contributed by atoms with Gasteiger partial charge in [0.15, 0.2) is 17.5 Å². The first-order chi connectivity index (χ1) is 12.4. The number of aliphatic imine (C=N–C) groups is 1. The van der Waals surface area contributed by atoms with E-state index in [4.69, 9.17) is 10.5 Å². The van der Waals surface area contributed by atoms with Gasteiger partial charge in [-0.1, -0.05) is 12.1 Å². The van der Waals surface area contributed by atoms with Crippen LogP contribution in [0.3, 0.4) is 0 Å². The van der Waals surface area contributed by atoms with Crippen molar-refractivity contribution in [2.75, 3.05) is 11.9 Å². The number of hydrogen-bond donors (Lipinski definition) is 2. The molecule has 0 aliphatic rings. The maximum absolute atomic E-state index is 12.4. The lowest BCUT2D eigenvalue weighted by Crippen LogP contribution is -2.22. The van der Waals surface area contributed by atoms with Crippen LogP contribution in [0.25, 0.3) is 0 Å². The van der Waals surface area contributed by atoms with Crippen LogP contribution >= 0.6 is 24.0 Å². The van der Waals surface area contributed by atoms with Gasteiger partial charge >= 0.3 is 6.61 Å². The summed E-state index contributed by atoms with van der Waals surface area (Å²) in [5.41, 5.74) is 9.80. The van der Waals surface area contributed by atoms with Crippen LogP contribution in [-0.2, 0) is 6.54 Å². The van der Waals surface area contributed by atoms with E-state index in [1.807, 2.05) is 26.0 Å². The monoisotopic (exact) mass is 491 g/mol. The number of hydrogen-bond acceptors (Lipinski definition) is 3. The molecule has 0 saturated heterocycles. The number of nitrogens with zero attached hydrogens (tertiary/aromatic N) is 1. The summed E-state index contributed by atoms with van der Waals surface area (Å²) in [6.45, 7) is 3.48. The van der Waals surface area contributed by atoms with E-state index < -0.39 is 6.61 Å². The largest absolute Gasteiger partial charge is 0.490 e. The predicted octanol–water partition coefficient (Wildman–Crippen LogP) is 4.85. The first kappa shape index (κ1) is 22.9. The smallest absolute Gasteiger partial charge is 0.387 e. The molecule has 5 nitrogen and oxygen atoms in total. The van der Waals surface area contributed by atoms with E-state index in [-0.39, 0.29) is 48.0 Å². The zero-order chi connectivity index (χ0) is 19.1. The number of anilines is 1. The zero-order valence-electron chi connectivity index (χ0n) is 15.5. The van der Waals surface area contributed by atoms with E-state index in [0.717, 1.165) is 22.4 Å². The third-order valence-electron chi connectivity index (χ3n) is 3.45. The summed E-state index contributed by atoms with van der Waals surface area (Å²) < 4.78 is 34.7. The molecule has 8 heteroatoms. The molecule has 3 N–H and O–H groups in total. The molecule has 0 heterocycles. The average Bonchev–Trinajstić information content (AvgIpc) is 2.54. The van der Waals surface area contributed by atoms with Gasteiger partial charge in [0.1, 0.15) is 0 Å². The average molecular weight is 491 g/mol. The van der Waals surface area contributed by atoms with E-state index in [1.165, 1.54) is 6.07 Å². The Bertz CT molecular complexity index is 765. The molecule has 27 heavy (non-hydrogen) atoms. The van der Waals surface area contributed by atoms with Crippen LogP contribution in [0.2, 0.25) is 0 Å². The van der Waals surface area contributed by atoms with Crippen molar-refractivity contribution in [3.8, 4) is 11.5 Å². The standard InChI is InChI=1S/C19H23F2N3O2.HI/c1-4-25-17-10-14(5-6-16(17)26-18(20)21)11-23-19(22)24-15-8-12(2)7-13(3)9-15;/h5-10,18H,4,11H2,1-3H3,(H3,22,23,24);1H. The molecule has 0 aromatic heterocycles. The zero-order valence-corrected chi connectivity index (χ0v) is 17.8. The minimum atomic E-state index is -2.91. The highest BCUT2D eigenvalue weighted by atomic mass is 127. The van der Waals surface area contributed by atoms with Gasteiger partial charge in [-0.15, -0.1) is 24.0 Å². The van der Waals surface area contributed by atoms with Crippen LogP contribution in [0.4, 0.5) is 14.5 Å². The second kappa shape index (κ2) is 10.9. The number of nitrogens with two attached hydrogens (primary N) is 1. The third kappa shape index (κ3) is 7.58. The molecule has 0 fully saturated rings. The van der Waals surface area contributed by atoms with Crippen molar-refractivity contribution < 1.29 is 18.3 Å². The number of ether oxygens (including phenoxy) is 2. The van der Waals surface area contributed by atoms with Gasteiger partial charge in [0.05, 0.1) is 13.2 Å². The molecule has 2 aromatic carbocycles. The Balaban J connectivity index is 0.00000364. The highest BCUT2D eigenvalue weighted by Gasteiger charge is 2.11. The van der Waals surface area contributed by atoms with Crippen molar-refractivity contribution >= 4 is 35.6 Å². The summed E-state index contributed by atoms with van der Waals surface area (Å²) in [6.07, 6.45) is 0. The lowest BCUT2D eigenvalue weighted by Gasteiger charge is -2.12. The van der Waals surface area contributed by atoms with Gasteiger partial charge < -0.3 is 20.5 Å². The molecule has 0 bridgehead atoms. The lowest BCUT2D eigenvalue weighted by atomic mass is 10.1. The van der Waals surface area contributed by atoms with Crippen LogP contribution in [0, 0.1) is 13.8 Å². The fourth-order valence-electron chi connectivity index (χ4n) is 2.52. The second-order valence-electron chi connectivity index (χ2n) is 5.80. The Morgan fingerprint density at radius 3 is 2.37 bits per heavy atom. The van der Waals surface area contributed by atoms with Gasteiger partial charge in [-0.2, -0.15) is 8.78 Å². The lowest BCUT2D eigenvalue weighted by molar-refractivity contribution is -0.0514. The number of alkyl halides is 2. The van der Waals surface area contributed by atoms with Gasteiger partial charge in [-0.05, 0) is 61.7 Å². The summed E-state index contributed by atoms with van der Waals surface area (Å²) in [5.74, 6) is 0.512. The molecule has 2 rings (SSSR count). The fourth-order valence-corrected chi connectivity index (χ4v) is 2.52. The van der Waals surface area contributed by atoms with Gasteiger partial charge in [0.25, 0.3) is 0 Å². The van der Waals surface area contributed by atoms with Gasteiger partial charge in [-0.25, -0.2) is 4.99 Å². The summed E-state index contributed by atoms with van der Waals surface area (Å²) >= 11 is 0. The Hall–Kier alpha value is -2.10. The molecule has 0 spiro atoms. The Morgan fingerprint density at radius 2 is 1.78 bits per heavy atom. The van der Waals surface area contributed by atoms with Crippen molar-refractivity contribution in [3.63, 3.8) is 0 Å². The number of nitrogens with one attached hydrogen (secondary N) is 1. The van der Waals surface area contributed by atoms with Crippen molar-refractivity contribution in [1.29, 1.82) is 0 Å². The number of rotatable bonds is 7. The van der Waals surface area contributed by atoms with E-state index in [1.54, 1.807) is 19.1 Å². The third-order valence-corrected chi connectivity index (χ3v) is 3.45. The number of aryl methyl sites for hydroxylation is 2. The van der Waals surface area contributed by atoms with Crippen molar-refractivity contribution in [3.05, 3.63) is 53.1 Å².